The lowest BCUT2D eigenvalue weighted by Gasteiger charge is -2.45. The number of nitrogen functional groups attached to an aromatic ring is 2. The van der Waals surface area contributed by atoms with E-state index >= 15 is 0 Å². The van der Waals surface area contributed by atoms with Gasteiger partial charge in [-0.2, -0.15) is 0 Å². The smallest absolute Gasteiger partial charge is 0.255 e. The van der Waals surface area contributed by atoms with Gasteiger partial charge in [-0.25, -0.2) is 0 Å². The molecule has 0 spiro atoms. The number of nitrogens with one attached hydrogen (secondary N) is 1. The highest BCUT2D eigenvalue weighted by atomic mass is 16.2. The molecule has 7 nitrogen and oxygen atoms in total. The fraction of sp³-hybridized carbons (Fsp3) is 0.345. The third kappa shape index (κ3) is 5.32. The molecule has 2 heterocycles. The van der Waals surface area contributed by atoms with Crippen molar-refractivity contribution in [2.75, 3.05) is 55.6 Å². The van der Waals surface area contributed by atoms with Crippen molar-refractivity contribution in [2.45, 2.75) is 25.6 Å². The van der Waals surface area contributed by atoms with E-state index in [0.717, 1.165) is 62.6 Å². The van der Waals surface area contributed by atoms with Gasteiger partial charge >= 0.3 is 0 Å². The highest BCUT2D eigenvalue weighted by molar-refractivity contribution is 6.03. The van der Waals surface area contributed by atoms with Crippen molar-refractivity contribution < 1.29 is 4.79 Å². The maximum Gasteiger partial charge on any atom is 0.255 e. The minimum absolute atomic E-state index is 0.0793. The first-order chi connectivity index (χ1) is 17.5. The molecule has 1 fully saturated rings. The van der Waals surface area contributed by atoms with Gasteiger partial charge in [-0.1, -0.05) is 42.5 Å². The van der Waals surface area contributed by atoms with Crippen molar-refractivity contribution in [1.29, 1.82) is 0 Å². The van der Waals surface area contributed by atoms with E-state index < -0.39 is 0 Å². The highest BCUT2D eigenvalue weighted by Gasteiger charge is 2.35. The first-order valence-corrected chi connectivity index (χ1v) is 12.8. The highest BCUT2D eigenvalue weighted by Crippen LogP contribution is 2.36. The Morgan fingerprint density at radius 3 is 2.28 bits per heavy atom. The van der Waals surface area contributed by atoms with Crippen LogP contribution in [0.15, 0.2) is 72.8 Å². The van der Waals surface area contributed by atoms with Gasteiger partial charge in [-0.15, -0.1) is 0 Å². The molecule has 5 N–H and O–H groups in total. The molecule has 0 aromatic heterocycles. The maximum absolute atomic E-state index is 13.0. The van der Waals surface area contributed by atoms with E-state index in [9.17, 15) is 4.79 Å². The molecule has 7 heteroatoms. The van der Waals surface area contributed by atoms with Gasteiger partial charge in [0.2, 0.25) is 0 Å². The molecule has 188 valence electrons. The lowest BCUT2D eigenvalue weighted by atomic mass is 10.00. The zero-order chi connectivity index (χ0) is 25.1. The second-order valence-corrected chi connectivity index (χ2v) is 9.95. The Kier molecular flexibility index (Phi) is 7.11. The number of carbonyl (C=O) groups is 1. The Labute approximate surface area is 213 Å². The van der Waals surface area contributed by atoms with Crippen LogP contribution >= 0.6 is 0 Å². The summed E-state index contributed by atoms with van der Waals surface area (Å²) in [5.74, 6) is -0.0793. The van der Waals surface area contributed by atoms with Crippen LogP contribution < -0.4 is 21.7 Å². The quantitative estimate of drug-likeness (QED) is 0.446. The second-order valence-electron chi connectivity index (χ2n) is 9.95. The summed E-state index contributed by atoms with van der Waals surface area (Å²) in [5.41, 5.74) is 17.2. The molecule has 0 saturated carbocycles. The fourth-order valence-corrected chi connectivity index (χ4v) is 5.37. The first-order valence-electron chi connectivity index (χ1n) is 12.8. The van der Waals surface area contributed by atoms with Gasteiger partial charge in [0.25, 0.3) is 5.91 Å². The molecule has 2 atom stereocenters. The van der Waals surface area contributed by atoms with Gasteiger partial charge in [0.15, 0.2) is 0 Å². The Morgan fingerprint density at radius 2 is 1.56 bits per heavy atom. The van der Waals surface area contributed by atoms with E-state index in [1.165, 1.54) is 5.56 Å². The van der Waals surface area contributed by atoms with Crippen LogP contribution in [0, 0.1) is 0 Å². The van der Waals surface area contributed by atoms with Gasteiger partial charge < -0.3 is 26.6 Å². The molecule has 2 aliphatic heterocycles. The number of amides is 1. The Morgan fingerprint density at radius 1 is 0.889 bits per heavy atom. The molecule has 5 rings (SSSR count). The molecular formula is C29H36N6O. The van der Waals surface area contributed by atoms with E-state index in [1.807, 2.05) is 42.5 Å². The lowest BCUT2D eigenvalue weighted by Crippen LogP contribution is -2.55. The van der Waals surface area contributed by atoms with Crippen molar-refractivity contribution in [3.05, 3.63) is 89.5 Å². The SMILES string of the molecule is CC(CN1CCN(CCc2ccc(N)cc2)CC1)N1c2ccc(N)cc2C(=O)NC1c1ccccc1. The van der Waals surface area contributed by atoms with E-state index in [2.05, 4.69) is 51.2 Å². The van der Waals surface area contributed by atoms with Gasteiger partial charge in [0, 0.05) is 56.7 Å². The van der Waals surface area contributed by atoms with E-state index in [4.69, 9.17) is 11.5 Å². The van der Waals surface area contributed by atoms with Crippen LogP contribution in [0.4, 0.5) is 17.1 Å². The van der Waals surface area contributed by atoms with Gasteiger partial charge in [0.1, 0.15) is 6.17 Å². The normalized spacial score (nSPS) is 19.5. The average Bonchev–Trinajstić information content (AvgIpc) is 2.90. The molecule has 3 aromatic rings. The molecule has 1 saturated heterocycles. The van der Waals surface area contributed by atoms with Crippen LogP contribution in [0.2, 0.25) is 0 Å². The van der Waals surface area contributed by atoms with Crippen molar-refractivity contribution >= 4 is 23.0 Å². The van der Waals surface area contributed by atoms with Crippen LogP contribution in [-0.4, -0.2) is 61.0 Å². The van der Waals surface area contributed by atoms with Crippen molar-refractivity contribution in [1.82, 2.24) is 15.1 Å². The summed E-state index contributed by atoms with van der Waals surface area (Å²) < 4.78 is 0. The molecule has 2 aliphatic rings. The fourth-order valence-electron chi connectivity index (χ4n) is 5.37. The topological polar surface area (TPSA) is 90.9 Å². The summed E-state index contributed by atoms with van der Waals surface area (Å²) in [6.45, 7) is 8.45. The molecule has 0 bridgehead atoms. The number of anilines is 3. The molecule has 36 heavy (non-hydrogen) atoms. The summed E-state index contributed by atoms with van der Waals surface area (Å²) in [6, 6.07) is 24.3. The number of benzene rings is 3. The number of rotatable bonds is 7. The molecule has 1 amide bonds. The number of carbonyl (C=O) groups excluding carboxylic acids is 1. The standard InChI is InChI=1S/C29H36N6O/c1-21(20-34-17-15-33(16-18-34)14-13-22-7-9-24(30)10-8-22)35-27-12-11-25(31)19-26(27)29(36)32-28(35)23-5-3-2-4-6-23/h2-12,19,21,28H,13-18,20,30-31H2,1H3,(H,32,36). The van der Waals surface area contributed by atoms with E-state index in [1.54, 1.807) is 6.07 Å². The Hall–Kier alpha value is -3.55. The third-order valence-corrected chi connectivity index (χ3v) is 7.36. The van der Waals surface area contributed by atoms with E-state index in [-0.39, 0.29) is 18.1 Å². The Balaban J connectivity index is 1.25. The van der Waals surface area contributed by atoms with Gasteiger partial charge in [-0.05, 0) is 54.8 Å². The summed E-state index contributed by atoms with van der Waals surface area (Å²) >= 11 is 0. The van der Waals surface area contributed by atoms with Gasteiger partial charge in [-0.3, -0.25) is 9.69 Å². The zero-order valence-corrected chi connectivity index (χ0v) is 20.9. The molecule has 0 radical (unpaired) electrons. The first kappa shape index (κ1) is 24.2. The van der Waals surface area contributed by atoms with Crippen molar-refractivity contribution in [3.63, 3.8) is 0 Å². The van der Waals surface area contributed by atoms with Crippen LogP contribution in [-0.2, 0) is 6.42 Å². The van der Waals surface area contributed by atoms with Crippen molar-refractivity contribution in [3.8, 4) is 0 Å². The van der Waals surface area contributed by atoms with Crippen LogP contribution in [0.5, 0.6) is 0 Å². The van der Waals surface area contributed by atoms with Gasteiger partial charge in [0.05, 0.1) is 11.3 Å². The number of nitrogens with two attached hydrogens (primary N) is 2. The van der Waals surface area contributed by atoms with E-state index in [0.29, 0.717) is 11.3 Å². The minimum atomic E-state index is -0.217. The van der Waals surface area contributed by atoms with Crippen LogP contribution in [0.3, 0.4) is 0 Å². The lowest BCUT2D eigenvalue weighted by molar-refractivity contribution is 0.0917. The summed E-state index contributed by atoms with van der Waals surface area (Å²) in [5, 5.41) is 3.22. The second kappa shape index (κ2) is 10.6. The maximum atomic E-state index is 13.0. The van der Waals surface area contributed by atoms with Crippen LogP contribution in [0.25, 0.3) is 0 Å². The number of nitrogens with zero attached hydrogens (tertiary/aromatic N) is 3. The zero-order valence-electron chi connectivity index (χ0n) is 20.9. The molecule has 3 aromatic carbocycles. The summed E-state index contributed by atoms with van der Waals surface area (Å²) in [6.07, 6.45) is 0.828. The summed E-state index contributed by atoms with van der Waals surface area (Å²) in [7, 11) is 0. The monoisotopic (exact) mass is 484 g/mol. The number of fused-ring (bicyclic) bond motifs is 1. The molecule has 2 unspecified atom stereocenters. The predicted octanol–water partition coefficient (Wildman–Crippen LogP) is 3.35. The number of hydrogen-bond acceptors (Lipinski definition) is 6. The average molecular weight is 485 g/mol. The Bertz CT molecular complexity index is 1170. The largest absolute Gasteiger partial charge is 0.399 e. The third-order valence-electron chi connectivity index (χ3n) is 7.36. The molecule has 0 aliphatic carbocycles. The minimum Gasteiger partial charge on any atom is -0.399 e. The van der Waals surface area contributed by atoms with Crippen molar-refractivity contribution in [2.24, 2.45) is 0 Å². The number of hydrogen-bond donors (Lipinski definition) is 3. The molecular weight excluding hydrogens is 448 g/mol. The predicted molar refractivity (Wildman–Crippen MR) is 147 cm³/mol. The number of piperazine rings is 1. The van der Waals surface area contributed by atoms with Crippen LogP contribution in [0.1, 0.15) is 34.6 Å². The summed E-state index contributed by atoms with van der Waals surface area (Å²) in [4.78, 5) is 20.4.